The zero-order valence-corrected chi connectivity index (χ0v) is 8.49. The summed E-state index contributed by atoms with van der Waals surface area (Å²) in [4.78, 5) is 11.4. The van der Waals surface area contributed by atoms with Crippen LogP contribution in [0, 0.1) is 39.4 Å². The fraction of sp³-hybridized carbons (Fsp3) is 0.727. The van der Waals surface area contributed by atoms with Crippen LogP contribution in [0.5, 0.6) is 0 Å². The van der Waals surface area contributed by atoms with Crippen LogP contribution in [0.25, 0.3) is 0 Å². The highest BCUT2D eigenvalue weighted by molar-refractivity contribution is 5.90. The minimum Gasteiger partial charge on any atom is -0.368 e. The molecule has 1 spiro atoms. The lowest BCUT2D eigenvalue weighted by atomic mass is 9.79. The normalized spacial score (nSPS) is 36.5. The van der Waals surface area contributed by atoms with Crippen molar-refractivity contribution in [3.8, 4) is 12.1 Å². The molecule has 0 bridgehead atoms. The molecule has 4 heteroatoms. The van der Waals surface area contributed by atoms with Gasteiger partial charge in [0.05, 0.1) is 18.1 Å². The largest absolute Gasteiger partial charge is 0.368 e. The van der Waals surface area contributed by atoms with Crippen molar-refractivity contribution < 1.29 is 4.79 Å². The van der Waals surface area contributed by atoms with Crippen LogP contribution in [0.1, 0.15) is 32.1 Å². The number of nitrogens with two attached hydrogens (primary N) is 1. The quantitative estimate of drug-likeness (QED) is 0.691. The number of carbonyl (C=O) groups excluding carboxylic acids is 1. The molecule has 0 saturated heterocycles. The molecule has 0 radical (unpaired) electrons. The van der Waals surface area contributed by atoms with E-state index in [0.29, 0.717) is 0 Å². The van der Waals surface area contributed by atoms with Gasteiger partial charge in [-0.05, 0) is 12.8 Å². The van der Waals surface area contributed by atoms with Crippen LogP contribution in [0.2, 0.25) is 0 Å². The second-order valence-electron chi connectivity index (χ2n) is 4.56. The molecule has 2 aliphatic carbocycles. The van der Waals surface area contributed by atoms with Crippen LogP contribution in [0.15, 0.2) is 0 Å². The first-order valence-corrected chi connectivity index (χ1v) is 5.26. The number of nitriles is 2. The van der Waals surface area contributed by atoms with Crippen molar-refractivity contribution in [1.82, 2.24) is 0 Å². The Morgan fingerprint density at radius 2 is 1.87 bits per heavy atom. The molecule has 0 aliphatic heterocycles. The molecule has 1 amide bonds. The Balaban J connectivity index is 2.39. The molecule has 2 rings (SSSR count). The van der Waals surface area contributed by atoms with Gasteiger partial charge >= 0.3 is 0 Å². The van der Waals surface area contributed by atoms with Crippen LogP contribution in [0.4, 0.5) is 0 Å². The zero-order chi connectivity index (χ0) is 11.1. The zero-order valence-electron chi connectivity index (χ0n) is 8.49. The average molecular weight is 203 g/mol. The standard InChI is InChI=1S/C11H13N3O/c12-6-8-10(4-2-1-3-5-10)11(8,7-13)9(14)15/h8H,1-5H2,(H2,14,15)/t8-,11-/m0/s1. The minimum absolute atomic E-state index is 0.416. The van der Waals surface area contributed by atoms with E-state index < -0.39 is 22.7 Å². The van der Waals surface area contributed by atoms with E-state index in [9.17, 15) is 4.79 Å². The molecule has 0 aromatic rings. The van der Waals surface area contributed by atoms with Crippen molar-refractivity contribution in [3.05, 3.63) is 0 Å². The van der Waals surface area contributed by atoms with Gasteiger partial charge in [-0.3, -0.25) is 4.79 Å². The second-order valence-corrected chi connectivity index (χ2v) is 4.56. The summed E-state index contributed by atoms with van der Waals surface area (Å²) in [5.41, 5.74) is 3.69. The summed E-state index contributed by atoms with van der Waals surface area (Å²) in [6, 6.07) is 4.12. The maximum absolute atomic E-state index is 11.4. The van der Waals surface area contributed by atoms with Gasteiger partial charge in [-0.2, -0.15) is 10.5 Å². The molecule has 15 heavy (non-hydrogen) atoms. The van der Waals surface area contributed by atoms with E-state index in [-0.39, 0.29) is 0 Å². The fourth-order valence-electron chi connectivity index (χ4n) is 3.30. The van der Waals surface area contributed by atoms with Gasteiger partial charge in [-0.1, -0.05) is 19.3 Å². The summed E-state index contributed by atoms with van der Waals surface area (Å²) in [5.74, 6) is -1.09. The average Bonchev–Trinajstić information content (AvgIpc) is 2.80. The lowest BCUT2D eigenvalue weighted by Crippen LogP contribution is -2.30. The van der Waals surface area contributed by atoms with E-state index >= 15 is 0 Å². The molecule has 2 aliphatic rings. The smallest absolute Gasteiger partial charge is 0.239 e. The number of rotatable bonds is 1. The number of carbonyl (C=O) groups is 1. The van der Waals surface area contributed by atoms with Crippen molar-refractivity contribution >= 4 is 5.91 Å². The topological polar surface area (TPSA) is 90.7 Å². The minimum atomic E-state index is -1.19. The third-order valence-electron chi connectivity index (χ3n) is 4.13. The summed E-state index contributed by atoms with van der Waals surface area (Å²) < 4.78 is 0. The maximum atomic E-state index is 11.4. The van der Waals surface area contributed by atoms with Gasteiger partial charge in [-0.15, -0.1) is 0 Å². The van der Waals surface area contributed by atoms with Gasteiger partial charge in [0.25, 0.3) is 0 Å². The molecule has 2 saturated carbocycles. The highest BCUT2D eigenvalue weighted by atomic mass is 16.1. The highest BCUT2D eigenvalue weighted by Crippen LogP contribution is 2.74. The Hall–Kier alpha value is -1.55. The summed E-state index contributed by atoms with van der Waals surface area (Å²) in [7, 11) is 0. The summed E-state index contributed by atoms with van der Waals surface area (Å²) in [6.07, 6.45) is 4.70. The lowest BCUT2D eigenvalue weighted by Gasteiger charge is -2.23. The van der Waals surface area contributed by atoms with E-state index in [1.165, 1.54) is 0 Å². The number of primary amides is 1. The molecule has 2 N–H and O–H groups in total. The van der Waals surface area contributed by atoms with Crippen LogP contribution in [-0.4, -0.2) is 5.91 Å². The van der Waals surface area contributed by atoms with Crippen LogP contribution < -0.4 is 5.73 Å². The third-order valence-corrected chi connectivity index (χ3v) is 4.13. The van der Waals surface area contributed by atoms with Crippen molar-refractivity contribution in [2.75, 3.05) is 0 Å². The molecular formula is C11H13N3O. The van der Waals surface area contributed by atoms with E-state index in [1.54, 1.807) is 0 Å². The van der Waals surface area contributed by atoms with Crippen molar-refractivity contribution in [1.29, 1.82) is 10.5 Å². The highest BCUT2D eigenvalue weighted by Gasteiger charge is 2.80. The number of nitrogens with zero attached hydrogens (tertiary/aromatic N) is 2. The van der Waals surface area contributed by atoms with Gasteiger partial charge in [0.15, 0.2) is 5.41 Å². The van der Waals surface area contributed by atoms with Crippen molar-refractivity contribution in [2.24, 2.45) is 22.5 Å². The second kappa shape index (κ2) is 2.97. The van der Waals surface area contributed by atoms with Gasteiger partial charge < -0.3 is 5.73 Å². The Morgan fingerprint density at radius 1 is 1.27 bits per heavy atom. The fourth-order valence-corrected chi connectivity index (χ4v) is 3.30. The van der Waals surface area contributed by atoms with E-state index in [2.05, 4.69) is 6.07 Å². The van der Waals surface area contributed by atoms with E-state index in [4.69, 9.17) is 16.3 Å². The molecule has 2 fully saturated rings. The Kier molecular flexibility index (Phi) is 1.98. The molecule has 4 nitrogen and oxygen atoms in total. The molecule has 78 valence electrons. The third kappa shape index (κ3) is 0.920. The summed E-state index contributed by atoms with van der Waals surface area (Å²) >= 11 is 0. The van der Waals surface area contributed by atoms with Gasteiger partial charge in [-0.25, -0.2) is 0 Å². The first-order valence-electron chi connectivity index (χ1n) is 5.26. The Labute approximate surface area is 88.7 Å². The molecule has 0 heterocycles. The Bertz CT molecular complexity index is 384. The number of hydrogen-bond donors (Lipinski definition) is 1. The first-order chi connectivity index (χ1) is 7.15. The van der Waals surface area contributed by atoms with Gasteiger partial charge in [0.2, 0.25) is 5.91 Å². The van der Waals surface area contributed by atoms with Crippen LogP contribution in [-0.2, 0) is 4.79 Å². The monoisotopic (exact) mass is 203 g/mol. The molecular weight excluding hydrogens is 190 g/mol. The van der Waals surface area contributed by atoms with Crippen LogP contribution >= 0.6 is 0 Å². The van der Waals surface area contributed by atoms with E-state index in [0.717, 1.165) is 32.1 Å². The molecule has 0 aromatic heterocycles. The number of hydrogen-bond acceptors (Lipinski definition) is 3. The SMILES string of the molecule is N#C[C@H]1C2(CCCCC2)[C@]1(C#N)C(N)=O. The summed E-state index contributed by atoms with van der Waals surface area (Å²) in [6.45, 7) is 0. The molecule has 0 unspecified atom stereocenters. The lowest BCUT2D eigenvalue weighted by molar-refractivity contribution is -0.122. The van der Waals surface area contributed by atoms with Crippen LogP contribution in [0.3, 0.4) is 0 Å². The van der Waals surface area contributed by atoms with Crippen molar-refractivity contribution in [2.45, 2.75) is 32.1 Å². The number of amides is 1. The van der Waals surface area contributed by atoms with Gasteiger partial charge in [0, 0.05) is 5.41 Å². The molecule has 0 aromatic carbocycles. The van der Waals surface area contributed by atoms with E-state index in [1.807, 2.05) is 6.07 Å². The Morgan fingerprint density at radius 3 is 2.20 bits per heavy atom. The predicted octanol–water partition coefficient (Wildman–Crippen LogP) is 1.09. The predicted molar refractivity (Wildman–Crippen MR) is 51.9 cm³/mol. The summed E-state index contributed by atoms with van der Waals surface area (Å²) in [5, 5.41) is 18.2. The van der Waals surface area contributed by atoms with Gasteiger partial charge in [0.1, 0.15) is 0 Å². The first kappa shape index (κ1) is 9.98. The van der Waals surface area contributed by atoms with Crippen molar-refractivity contribution in [3.63, 3.8) is 0 Å². The maximum Gasteiger partial charge on any atom is 0.239 e. The molecule has 2 atom stereocenters.